The maximum atomic E-state index is 11.1. The van der Waals surface area contributed by atoms with Crippen LogP contribution in [0.4, 0.5) is 0 Å². The summed E-state index contributed by atoms with van der Waals surface area (Å²) >= 11 is 0. The van der Waals surface area contributed by atoms with E-state index in [0.717, 1.165) is 19.3 Å². The molecule has 0 aliphatic carbocycles. The van der Waals surface area contributed by atoms with Crippen LogP contribution in [0.5, 0.6) is 0 Å². The molecule has 1 N–H and O–H groups in total. The summed E-state index contributed by atoms with van der Waals surface area (Å²) in [5.74, 6) is 0.251. The average molecular weight is 155 g/mol. The third-order valence-electron chi connectivity index (χ3n) is 2.21. The number of hydrogen-bond donors (Lipinski definition) is 1. The predicted octanol–water partition coefficient (Wildman–Crippen LogP) is 1.85. The zero-order valence-electron chi connectivity index (χ0n) is 7.23. The van der Waals surface area contributed by atoms with Crippen LogP contribution in [0.25, 0.3) is 0 Å². The van der Waals surface area contributed by atoms with Crippen molar-refractivity contribution < 1.29 is 4.79 Å². The van der Waals surface area contributed by atoms with E-state index in [4.69, 9.17) is 0 Å². The van der Waals surface area contributed by atoms with Crippen molar-refractivity contribution in [3.63, 3.8) is 0 Å². The Labute approximate surface area is 68.4 Å². The second-order valence-electron chi connectivity index (χ2n) is 3.30. The standard InChI is InChI=1S/C9H17NO/c1-2-5-8-6-3-4-7-9(11)10-8/h8H,2-7H2,1H3,(H,10,11). The normalized spacial score (nSPS) is 25.9. The lowest BCUT2D eigenvalue weighted by Gasteiger charge is -2.13. The molecule has 1 fully saturated rings. The minimum absolute atomic E-state index is 0.251. The Morgan fingerprint density at radius 2 is 2.36 bits per heavy atom. The highest BCUT2D eigenvalue weighted by Gasteiger charge is 2.14. The zero-order chi connectivity index (χ0) is 8.10. The third-order valence-corrected chi connectivity index (χ3v) is 2.21. The van der Waals surface area contributed by atoms with Crippen LogP contribution in [0, 0.1) is 0 Å². The van der Waals surface area contributed by atoms with Crippen LogP contribution >= 0.6 is 0 Å². The molecule has 0 saturated carbocycles. The van der Waals surface area contributed by atoms with Gasteiger partial charge in [0.05, 0.1) is 0 Å². The van der Waals surface area contributed by atoms with Crippen LogP contribution in [0.3, 0.4) is 0 Å². The van der Waals surface area contributed by atoms with Gasteiger partial charge in [-0.05, 0) is 19.3 Å². The summed E-state index contributed by atoms with van der Waals surface area (Å²) in [6.07, 6.45) is 6.52. The van der Waals surface area contributed by atoms with Crippen molar-refractivity contribution >= 4 is 5.91 Å². The van der Waals surface area contributed by atoms with E-state index in [2.05, 4.69) is 12.2 Å². The fourth-order valence-corrected chi connectivity index (χ4v) is 1.61. The highest BCUT2D eigenvalue weighted by Crippen LogP contribution is 2.12. The van der Waals surface area contributed by atoms with Gasteiger partial charge in [-0.15, -0.1) is 0 Å². The predicted molar refractivity (Wildman–Crippen MR) is 45.3 cm³/mol. The van der Waals surface area contributed by atoms with Crippen LogP contribution in [-0.4, -0.2) is 11.9 Å². The first-order valence-corrected chi connectivity index (χ1v) is 4.62. The summed E-state index contributed by atoms with van der Waals surface area (Å²) in [5, 5.41) is 3.04. The molecule has 1 heterocycles. The molecule has 1 unspecified atom stereocenters. The van der Waals surface area contributed by atoms with E-state index in [1.165, 1.54) is 19.3 Å². The van der Waals surface area contributed by atoms with Crippen molar-refractivity contribution in [1.82, 2.24) is 5.32 Å². The molecular formula is C9H17NO. The van der Waals surface area contributed by atoms with Crippen LogP contribution in [0.2, 0.25) is 0 Å². The molecule has 1 aliphatic rings. The molecule has 1 amide bonds. The van der Waals surface area contributed by atoms with E-state index in [1.807, 2.05) is 0 Å². The van der Waals surface area contributed by atoms with Crippen molar-refractivity contribution in [2.24, 2.45) is 0 Å². The van der Waals surface area contributed by atoms with Crippen molar-refractivity contribution in [1.29, 1.82) is 0 Å². The van der Waals surface area contributed by atoms with Gasteiger partial charge in [0.25, 0.3) is 0 Å². The summed E-state index contributed by atoms with van der Waals surface area (Å²) in [5.41, 5.74) is 0. The van der Waals surface area contributed by atoms with Gasteiger partial charge in [-0.25, -0.2) is 0 Å². The largest absolute Gasteiger partial charge is 0.353 e. The molecule has 0 aromatic rings. The number of carbonyl (C=O) groups is 1. The molecule has 1 aliphatic heterocycles. The minimum atomic E-state index is 0.251. The first-order chi connectivity index (χ1) is 5.33. The number of hydrogen-bond acceptors (Lipinski definition) is 1. The smallest absolute Gasteiger partial charge is 0.220 e. The lowest BCUT2D eigenvalue weighted by molar-refractivity contribution is -0.121. The van der Waals surface area contributed by atoms with E-state index in [9.17, 15) is 4.79 Å². The quantitative estimate of drug-likeness (QED) is 0.647. The molecule has 2 heteroatoms. The average Bonchev–Trinajstić information content (AvgIpc) is 2.15. The van der Waals surface area contributed by atoms with E-state index in [0.29, 0.717) is 6.04 Å². The molecule has 0 bridgehead atoms. The maximum absolute atomic E-state index is 11.1. The maximum Gasteiger partial charge on any atom is 0.220 e. The molecule has 1 atom stereocenters. The van der Waals surface area contributed by atoms with Crippen LogP contribution in [0.1, 0.15) is 45.4 Å². The Bertz CT molecular complexity index is 134. The molecule has 0 radical (unpaired) electrons. The van der Waals surface area contributed by atoms with Crippen molar-refractivity contribution in [2.45, 2.75) is 51.5 Å². The Hall–Kier alpha value is -0.530. The molecule has 1 rings (SSSR count). The van der Waals surface area contributed by atoms with E-state index < -0.39 is 0 Å². The lowest BCUT2D eigenvalue weighted by atomic mass is 10.1. The molecule has 0 aromatic heterocycles. The summed E-state index contributed by atoms with van der Waals surface area (Å²) in [6, 6.07) is 0.468. The van der Waals surface area contributed by atoms with Gasteiger partial charge in [-0.1, -0.05) is 19.8 Å². The second-order valence-corrected chi connectivity index (χ2v) is 3.30. The summed E-state index contributed by atoms with van der Waals surface area (Å²) in [4.78, 5) is 11.1. The van der Waals surface area contributed by atoms with Gasteiger partial charge in [-0.3, -0.25) is 4.79 Å². The van der Waals surface area contributed by atoms with Gasteiger partial charge in [0.15, 0.2) is 0 Å². The summed E-state index contributed by atoms with van der Waals surface area (Å²) in [6.45, 7) is 2.16. The number of nitrogens with one attached hydrogen (secondary N) is 1. The minimum Gasteiger partial charge on any atom is -0.353 e. The van der Waals surface area contributed by atoms with Crippen molar-refractivity contribution in [3.8, 4) is 0 Å². The van der Waals surface area contributed by atoms with Gasteiger partial charge in [-0.2, -0.15) is 0 Å². The third kappa shape index (κ3) is 2.91. The highest BCUT2D eigenvalue weighted by atomic mass is 16.1. The van der Waals surface area contributed by atoms with E-state index in [1.54, 1.807) is 0 Å². The van der Waals surface area contributed by atoms with Gasteiger partial charge in [0.2, 0.25) is 5.91 Å². The van der Waals surface area contributed by atoms with Crippen molar-refractivity contribution in [3.05, 3.63) is 0 Å². The second kappa shape index (κ2) is 4.37. The first kappa shape index (κ1) is 8.57. The lowest BCUT2D eigenvalue weighted by Crippen LogP contribution is -2.32. The van der Waals surface area contributed by atoms with Gasteiger partial charge in [0.1, 0.15) is 0 Å². The molecule has 64 valence electrons. The Morgan fingerprint density at radius 3 is 3.09 bits per heavy atom. The number of rotatable bonds is 2. The number of carbonyl (C=O) groups excluding carboxylic acids is 1. The monoisotopic (exact) mass is 155 g/mol. The van der Waals surface area contributed by atoms with Crippen LogP contribution in [0.15, 0.2) is 0 Å². The molecule has 2 nitrogen and oxygen atoms in total. The molecule has 11 heavy (non-hydrogen) atoms. The zero-order valence-corrected chi connectivity index (χ0v) is 7.23. The summed E-state index contributed by atoms with van der Waals surface area (Å²) < 4.78 is 0. The van der Waals surface area contributed by atoms with Crippen LogP contribution < -0.4 is 5.32 Å². The Balaban J connectivity index is 2.33. The van der Waals surface area contributed by atoms with Gasteiger partial charge in [0, 0.05) is 12.5 Å². The fourth-order valence-electron chi connectivity index (χ4n) is 1.61. The summed E-state index contributed by atoms with van der Waals surface area (Å²) in [7, 11) is 0. The van der Waals surface area contributed by atoms with E-state index in [-0.39, 0.29) is 5.91 Å². The van der Waals surface area contributed by atoms with Crippen molar-refractivity contribution in [2.75, 3.05) is 0 Å². The fraction of sp³-hybridized carbons (Fsp3) is 0.889. The van der Waals surface area contributed by atoms with E-state index >= 15 is 0 Å². The molecule has 1 saturated heterocycles. The van der Waals surface area contributed by atoms with Gasteiger partial charge >= 0.3 is 0 Å². The SMILES string of the molecule is CCCC1CCCCC(=O)N1. The number of amides is 1. The topological polar surface area (TPSA) is 29.1 Å². The first-order valence-electron chi connectivity index (χ1n) is 4.62. The molecule has 0 aromatic carbocycles. The van der Waals surface area contributed by atoms with Crippen LogP contribution in [-0.2, 0) is 4.79 Å². The molecule has 0 spiro atoms. The van der Waals surface area contributed by atoms with Gasteiger partial charge < -0.3 is 5.32 Å². The molecular weight excluding hydrogens is 138 g/mol. The Kier molecular flexibility index (Phi) is 3.40. The Morgan fingerprint density at radius 1 is 1.55 bits per heavy atom. The highest BCUT2D eigenvalue weighted by molar-refractivity contribution is 5.76.